The van der Waals surface area contributed by atoms with E-state index >= 15 is 0 Å². The molecule has 0 amide bonds. The van der Waals surface area contributed by atoms with E-state index in [0.29, 0.717) is 0 Å². The Labute approximate surface area is 115 Å². The number of nitrogens with zero attached hydrogens (tertiary/aromatic N) is 2. The van der Waals surface area contributed by atoms with Crippen molar-refractivity contribution in [2.75, 3.05) is 6.54 Å². The van der Waals surface area contributed by atoms with Crippen LogP contribution in [-0.4, -0.2) is 16.5 Å². The van der Waals surface area contributed by atoms with E-state index in [9.17, 15) is 0 Å². The SMILES string of the molecule is CCCc1ccc(C(NCC)c2ncccn2)cc1. The number of aromatic nitrogens is 2. The lowest BCUT2D eigenvalue weighted by atomic mass is 10.0. The van der Waals surface area contributed by atoms with Gasteiger partial charge in [-0.3, -0.25) is 0 Å². The molecule has 2 aromatic rings. The maximum Gasteiger partial charge on any atom is 0.149 e. The van der Waals surface area contributed by atoms with Crippen molar-refractivity contribution >= 4 is 0 Å². The lowest BCUT2D eigenvalue weighted by Crippen LogP contribution is -2.23. The lowest BCUT2D eigenvalue weighted by molar-refractivity contribution is 0.597. The van der Waals surface area contributed by atoms with Gasteiger partial charge >= 0.3 is 0 Å². The molecule has 1 aromatic heterocycles. The first kappa shape index (κ1) is 13.7. The van der Waals surface area contributed by atoms with Gasteiger partial charge in [-0.25, -0.2) is 9.97 Å². The van der Waals surface area contributed by atoms with Crippen LogP contribution in [0.2, 0.25) is 0 Å². The van der Waals surface area contributed by atoms with E-state index in [1.54, 1.807) is 12.4 Å². The summed E-state index contributed by atoms with van der Waals surface area (Å²) >= 11 is 0. The quantitative estimate of drug-likeness (QED) is 0.861. The van der Waals surface area contributed by atoms with E-state index in [0.717, 1.165) is 18.8 Å². The Kier molecular flexibility index (Phi) is 5.04. The van der Waals surface area contributed by atoms with Crippen LogP contribution in [0.3, 0.4) is 0 Å². The van der Waals surface area contributed by atoms with Gasteiger partial charge in [0.1, 0.15) is 5.82 Å². The summed E-state index contributed by atoms with van der Waals surface area (Å²) in [7, 11) is 0. The van der Waals surface area contributed by atoms with Crippen molar-refractivity contribution < 1.29 is 0 Å². The molecule has 100 valence electrons. The predicted octanol–water partition coefficient (Wildman–Crippen LogP) is 3.13. The second kappa shape index (κ2) is 7.00. The van der Waals surface area contributed by atoms with Crippen LogP contribution in [0.5, 0.6) is 0 Å². The Morgan fingerprint density at radius 1 is 1.05 bits per heavy atom. The maximum atomic E-state index is 4.36. The van der Waals surface area contributed by atoms with Crippen molar-refractivity contribution in [3.63, 3.8) is 0 Å². The molecule has 0 aliphatic heterocycles. The van der Waals surface area contributed by atoms with Crippen LogP contribution >= 0.6 is 0 Å². The van der Waals surface area contributed by atoms with Crippen LogP contribution in [0, 0.1) is 0 Å². The van der Waals surface area contributed by atoms with Crippen LogP contribution in [-0.2, 0) is 6.42 Å². The molecule has 1 atom stereocenters. The molecule has 19 heavy (non-hydrogen) atoms. The first-order valence-electron chi connectivity index (χ1n) is 6.94. The fraction of sp³-hybridized carbons (Fsp3) is 0.375. The molecule has 1 aromatic carbocycles. The highest BCUT2D eigenvalue weighted by atomic mass is 15.0. The minimum atomic E-state index is 0.0712. The van der Waals surface area contributed by atoms with Gasteiger partial charge in [0.05, 0.1) is 6.04 Å². The van der Waals surface area contributed by atoms with E-state index in [1.165, 1.54) is 17.5 Å². The third-order valence-electron chi connectivity index (χ3n) is 3.10. The van der Waals surface area contributed by atoms with Gasteiger partial charge in [-0.1, -0.05) is 44.5 Å². The number of nitrogens with one attached hydrogen (secondary N) is 1. The molecular weight excluding hydrogens is 234 g/mol. The highest BCUT2D eigenvalue weighted by Gasteiger charge is 2.14. The van der Waals surface area contributed by atoms with Gasteiger partial charge in [-0.05, 0) is 30.2 Å². The van der Waals surface area contributed by atoms with Crippen molar-refractivity contribution in [3.05, 3.63) is 59.7 Å². The van der Waals surface area contributed by atoms with E-state index in [4.69, 9.17) is 0 Å². The zero-order chi connectivity index (χ0) is 13.5. The first-order valence-corrected chi connectivity index (χ1v) is 6.94. The molecular formula is C16H21N3. The summed E-state index contributed by atoms with van der Waals surface area (Å²) < 4.78 is 0. The van der Waals surface area contributed by atoms with Crippen molar-refractivity contribution in [1.29, 1.82) is 0 Å². The zero-order valence-electron chi connectivity index (χ0n) is 11.6. The Balaban J connectivity index is 2.24. The molecule has 0 saturated carbocycles. The first-order chi connectivity index (χ1) is 9.35. The van der Waals surface area contributed by atoms with Gasteiger partial charge in [-0.2, -0.15) is 0 Å². The highest BCUT2D eigenvalue weighted by Crippen LogP contribution is 2.19. The Bertz CT molecular complexity index is 479. The molecule has 2 rings (SSSR count). The Hall–Kier alpha value is -1.74. The van der Waals surface area contributed by atoms with Crippen LogP contribution < -0.4 is 5.32 Å². The molecule has 3 heteroatoms. The topological polar surface area (TPSA) is 37.8 Å². The number of hydrogen-bond donors (Lipinski definition) is 1. The molecule has 0 aliphatic rings. The molecule has 1 N–H and O–H groups in total. The largest absolute Gasteiger partial charge is 0.304 e. The van der Waals surface area contributed by atoms with Crippen molar-refractivity contribution in [1.82, 2.24) is 15.3 Å². The summed E-state index contributed by atoms with van der Waals surface area (Å²) in [5.41, 5.74) is 2.60. The van der Waals surface area contributed by atoms with Gasteiger partial charge in [0, 0.05) is 12.4 Å². The summed E-state index contributed by atoms with van der Waals surface area (Å²) in [5.74, 6) is 0.826. The summed E-state index contributed by atoms with van der Waals surface area (Å²) in [4.78, 5) is 8.72. The molecule has 3 nitrogen and oxygen atoms in total. The summed E-state index contributed by atoms with van der Waals surface area (Å²) in [6, 6.07) is 10.7. The molecule has 0 saturated heterocycles. The predicted molar refractivity (Wildman–Crippen MR) is 78.0 cm³/mol. The number of aryl methyl sites for hydroxylation is 1. The maximum absolute atomic E-state index is 4.36. The van der Waals surface area contributed by atoms with E-state index in [2.05, 4.69) is 53.4 Å². The molecule has 0 fully saturated rings. The van der Waals surface area contributed by atoms with Gasteiger partial charge in [0.15, 0.2) is 0 Å². The third kappa shape index (κ3) is 3.61. The smallest absolute Gasteiger partial charge is 0.149 e. The fourth-order valence-electron chi connectivity index (χ4n) is 2.19. The second-order valence-electron chi connectivity index (χ2n) is 4.59. The highest BCUT2D eigenvalue weighted by molar-refractivity contribution is 5.28. The minimum absolute atomic E-state index is 0.0712. The van der Waals surface area contributed by atoms with Gasteiger partial charge in [0.25, 0.3) is 0 Å². The van der Waals surface area contributed by atoms with E-state index < -0.39 is 0 Å². The molecule has 0 aliphatic carbocycles. The lowest BCUT2D eigenvalue weighted by Gasteiger charge is -2.17. The van der Waals surface area contributed by atoms with Gasteiger partial charge in [0.2, 0.25) is 0 Å². The Morgan fingerprint density at radius 3 is 2.32 bits per heavy atom. The van der Waals surface area contributed by atoms with E-state index in [1.807, 2.05) is 6.07 Å². The normalized spacial score (nSPS) is 12.3. The monoisotopic (exact) mass is 255 g/mol. The van der Waals surface area contributed by atoms with Crippen LogP contribution in [0.4, 0.5) is 0 Å². The zero-order valence-corrected chi connectivity index (χ0v) is 11.6. The van der Waals surface area contributed by atoms with Crippen LogP contribution in [0.1, 0.15) is 43.3 Å². The third-order valence-corrected chi connectivity index (χ3v) is 3.10. The van der Waals surface area contributed by atoms with Crippen molar-refractivity contribution in [2.45, 2.75) is 32.7 Å². The number of benzene rings is 1. The summed E-state index contributed by atoms with van der Waals surface area (Å²) in [6.45, 7) is 5.19. The van der Waals surface area contributed by atoms with Gasteiger partial charge < -0.3 is 5.32 Å². The number of hydrogen-bond acceptors (Lipinski definition) is 3. The standard InChI is InChI=1S/C16H21N3/c1-3-6-13-7-9-14(10-8-13)15(17-4-2)16-18-11-5-12-19-16/h5,7-12,15,17H,3-4,6H2,1-2H3. The fourth-order valence-corrected chi connectivity index (χ4v) is 2.19. The van der Waals surface area contributed by atoms with Crippen LogP contribution in [0.25, 0.3) is 0 Å². The summed E-state index contributed by atoms with van der Waals surface area (Å²) in [6.07, 6.45) is 5.89. The van der Waals surface area contributed by atoms with Gasteiger partial charge in [-0.15, -0.1) is 0 Å². The molecule has 0 radical (unpaired) electrons. The average molecular weight is 255 g/mol. The Morgan fingerprint density at radius 2 is 1.74 bits per heavy atom. The summed E-state index contributed by atoms with van der Waals surface area (Å²) in [5, 5.41) is 3.44. The second-order valence-corrected chi connectivity index (χ2v) is 4.59. The molecule has 0 spiro atoms. The average Bonchev–Trinajstić information content (AvgIpc) is 2.47. The molecule has 1 heterocycles. The molecule has 0 bridgehead atoms. The van der Waals surface area contributed by atoms with Crippen LogP contribution in [0.15, 0.2) is 42.7 Å². The van der Waals surface area contributed by atoms with Crippen molar-refractivity contribution in [2.24, 2.45) is 0 Å². The van der Waals surface area contributed by atoms with E-state index in [-0.39, 0.29) is 6.04 Å². The molecule has 1 unspecified atom stereocenters. The minimum Gasteiger partial charge on any atom is -0.304 e. The van der Waals surface area contributed by atoms with Crippen molar-refractivity contribution in [3.8, 4) is 0 Å². The number of rotatable bonds is 6.